The number of furan rings is 1. The zero-order valence-corrected chi connectivity index (χ0v) is 14.9. The zero-order chi connectivity index (χ0) is 16.9. The second-order valence-electron chi connectivity index (χ2n) is 6.50. The van der Waals surface area contributed by atoms with Crippen LogP contribution in [0.25, 0.3) is 0 Å². The maximum Gasteiger partial charge on any atom is 0.329 e. The first kappa shape index (κ1) is 17.4. The molecule has 2 atom stereocenters. The molecule has 2 heterocycles. The lowest BCUT2D eigenvalue weighted by molar-refractivity contribution is -0.148. The molecule has 2 fully saturated rings. The molecule has 0 N–H and O–H groups in total. The minimum Gasteiger partial charge on any atom is -0.464 e. The monoisotopic (exact) mass is 351 g/mol. The van der Waals surface area contributed by atoms with Crippen LogP contribution in [0.15, 0.2) is 22.8 Å². The van der Waals surface area contributed by atoms with E-state index in [4.69, 9.17) is 9.15 Å². The summed E-state index contributed by atoms with van der Waals surface area (Å²) in [5.74, 6) is 0.871. The van der Waals surface area contributed by atoms with Gasteiger partial charge in [0.25, 0.3) is 5.91 Å². The van der Waals surface area contributed by atoms with E-state index in [9.17, 15) is 9.59 Å². The Labute approximate surface area is 147 Å². The third-order valence-electron chi connectivity index (χ3n) is 4.77. The quantitative estimate of drug-likeness (QED) is 0.757. The van der Waals surface area contributed by atoms with Gasteiger partial charge in [0.2, 0.25) is 0 Å². The fourth-order valence-electron chi connectivity index (χ4n) is 3.58. The Kier molecular flexibility index (Phi) is 5.87. The number of hydrogen-bond donors (Lipinski definition) is 0. The number of esters is 1. The Morgan fingerprint density at radius 3 is 2.79 bits per heavy atom. The summed E-state index contributed by atoms with van der Waals surface area (Å²) in [7, 11) is 0. The molecule has 0 spiro atoms. The van der Waals surface area contributed by atoms with E-state index < -0.39 is 6.04 Å². The molecule has 3 rings (SSSR count). The molecule has 2 aliphatic rings. The van der Waals surface area contributed by atoms with Gasteiger partial charge < -0.3 is 14.1 Å². The van der Waals surface area contributed by atoms with Crippen LogP contribution in [0.2, 0.25) is 0 Å². The molecular weight excluding hydrogens is 326 g/mol. The van der Waals surface area contributed by atoms with Gasteiger partial charge in [-0.1, -0.05) is 26.2 Å². The van der Waals surface area contributed by atoms with Crippen molar-refractivity contribution in [2.45, 2.75) is 56.9 Å². The maximum atomic E-state index is 13.0. The second kappa shape index (κ2) is 8.10. The number of ether oxygens (including phenoxy) is 1. The van der Waals surface area contributed by atoms with Crippen molar-refractivity contribution in [2.75, 3.05) is 12.4 Å². The van der Waals surface area contributed by atoms with Crippen molar-refractivity contribution in [1.82, 2.24) is 4.90 Å². The van der Waals surface area contributed by atoms with Crippen LogP contribution >= 0.6 is 11.8 Å². The molecule has 1 aliphatic heterocycles. The van der Waals surface area contributed by atoms with Crippen LogP contribution in [0.5, 0.6) is 0 Å². The molecule has 6 heteroatoms. The van der Waals surface area contributed by atoms with Crippen LogP contribution in [0.1, 0.15) is 56.0 Å². The molecule has 24 heavy (non-hydrogen) atoms. The predicted molar refractivity (Wildman–Crippen MR) is 92.7 cm³/mol. The van der Waals surface area contributed by atoms with E-state index in [0.29, 0.717) is 24.0 Å². The molecule has 1 aliphatic carbocycles. The summed E-state index contributed by atoms with van der Waals surface area (Å²) in [4.78, 5) is 27.2. The standard InChI is InChI=1S/C18H25NO4S/c1-2-10-23-18(21)14-12-24-17(13-7-4-3-5-8-13)19(14)16(20)15-9-6-11-22-15/h6,9,11,13-14,17H,2-5,7-8,10,12H2,1H3. The number of nitrogens with zero attached hydrogens (tertiary/aromatic N) is 1. The highest BCUT2D eigenvalue weighted by Crippen LogP contribution is 2.41. The van der Waals surface area contributed by atoms with Crippen LogP contribution in [0.3, 0.4) is 0 Å². The van der Waals surface area contributed by atoms with E-state index in [-0.39, 0.29) is 17.3 Å². The Hall–Kier alpha value is -1.43. The third-order valence-corrected chi connectivity index (χ3v) is 6.24. The number of thioether (sulfide) groups is 1. The normalized spacial score (nSPS) is 25.0. The summed E-state index contributed by atoms with van der Waals surface area (Å²) < 4.78 is 10.6. The van der Waals surface area contributed by atoms with E-state index in [1.165, 1.54) is 25.5 Å². The highest BCUT2D eigenvalue weighted by atomic mass is 32.2. The summed E-state index contributed by atoms with van der Waals surface area (Å²) in [6.07, 6.45) is 8.19. The fraction of sp³-hybridized carbons (Fsp3) is 0.667. The average Bonchev–Trinajstić information content (AvgIpc) is 3.29. The van der Waals surface area contributed by atoms with Crippen LogP contribution in [0, 0.1) is 5.92 Å². The van der Waals surface area contributed by atoms with Crippen molar-refractivity contribution in [3.63, 3.8) is 0 Å². The van der Waals surface area contributed by atoms with Gasteiger partial charge in [0.15, 0.2) is 5.76 Å². The lowest BCUT2D eigenvalue weighted by atomic mass is 9.88. The number of amides is 1. The zero-order valence-electron chi connectivity index (χ0n) is 14.1. The molecule has 1 saturated carbocycles. The van der Waals surface area contributed by atoms with Gasteiger partial charge in [-0.15, -0.1) is 11.8 Å². The first-order valence-corrected chi connectivity index (χ1v) is 9.91. The predicted octanol–water partition coefficient (Wildman–Crippen LogP) is 3.70. The molecule has 132 valence electrons. The molecule has 0 bridgehead atoms. The average molecular weight is 351 g/mol. The summed E-state index contributed by atoms with van der Waals surface area (Å²) >= 11 is 1.72. The molecular formula is C18H25NO4S. The van der Waals surface area contributed by atoms with Gasteiger partial charge in [0.1, 0.15) is 6.04 Å². The molecule has 1 aromatic rings. The van der Waals surface area contributed by atoms with Crippen LogP contribution in [-0.4, -0.2) is 40.6 Å². The van der Waals surface area contributed by atoms with Crippen molar-refractivity contribution in [3.05, 3.63) is 24.2 Å². The highest BCUT2D eigenvalue weighted by molar-refractivity contribution is 8.00. The van der Waals surface area contributed by atoms with E-state index >= 15 is 0 Å². The van der Waals surface area contributed by atoms with Crippen LogP contribution < -0.4 is 0 Å². The SMILES string of the molecule is CCCOC(=O)C1CSC(C2CCCCC2)N1C(=O)c1ccco1. The van der Waals surface area contributed by atoms with E-state index in [2.05, 4.69) is 0 Å². The van der Waals surface area contributed by atoms with E-state index in [1.54, 1.807) is 28.8 Å². The molecule has 0 radical (unpaired) electrons. The van der Waals surface area contributed by atoms with Gasteiger partial charge in [0.05, 0.1) is 18.2 Å². The molecule has 1 aromatic heterocycles. The van der Waals surface area contributed by atoms with E-state index in [1.807, 2.05) is 6.92 Å². The lowest BCUT2D eigenvalue weighted by Gasteiger charge is -2.34. The Morgan fingerprint density at radius 2 is 2.12 bits per heavy atom. The van der Waals surface area contributed by atoms with Gasteiger partial charge in [0, 0.05) is 5.75 Å². The van der Waals surface area contributed by atoms with Crippen LogP contribution in [0.4, 0.5) is 0 Å². The summed E-state index contributed by atoms with van der Waals surface area (Å²) in [6.45, 7) is 2.37. The minimum absolute atomic E-state index is 0.0436. The van der Waals surface area contributed by atoms with Gasteiger partial charge in [-0.2, -0.15) is 0 Å². The lowest BCUT2D eigenvalue weighted by Crippen LogP contribution is -2.48. The highest BCUT2D eigenvalue weighted by Gasteiger charge is 2.46. The summed E-state index contributed by atoms with van der Waals surface area (Å²) in [5.41, 5.74) is 0. The fourth-order valence-corrected chi connectivity index (χ4v) is 5.20. The smallest absolute Gasteiger partial charge is 0.329 e. The third kappa shape index (κ3) is 3.63. The van der Waals surface area contributed by atoms with Gasteiger partial charge >= 0.3 is 5.97 Å². The Balaban J connectivity index is 1.80. The van der Waals surface area contributed by atoms with Crippen molar-refractivity contribution < 1.29 is 18.7 Å². The number of carbonyl (C=O) groups excluding carboxylic acids is 2. The summed E-state index contributed by atoms with van der Waals surface area (Å²) in [6, 6.07) is 2.86. The molecule has 5 nitrogen and oxygen atoms in total. The van der Waals surface area contributed by atoms with Gasteiger partial charge in [-0.3, -0.25) is 4.79 Å². The van der Waals surface area contributed by atoms with Gasteiger partial charge in [-0.05, 0) is 37.3 Å². The van der Waals surface area contributed by atoms with Crippen LogP contribution in [-0.2, 0) is 9.53 Å². The molecule has 1 saturated heterocycles. The number of carbonyl (C=O) groups is 2. The maximum absolute atomic E-state index is 13.0. The first-order valence-electron chi connectivity index (χ1n) is 8.86. The first-order chi connectivity index (χ1) is 11.7. The number of rotatable bonds is 5. The second-order valence-corrected chi connectivity index (χ2v) is 7.64. The molecule has 0 aromatic carbocycles. The Morgan fingerprint density at radius 1 is 1.33 bits per heavy atom. The minimum atomic E-state index is -0.508. The topological polar surface area (TPSA) is 59.8 Å². The van der Waals surface area contributed by atoms with Crippen molar-refractivity contribution >= 4 is 23.6 Å². The van der Waals surface area contributed by atoms with E-state index in [0.717, 1.165) is 19.3 Å². The molecule has 2 unspecified atom stereocenters. The van der Waals surface area contributed by atoms with Crippen molar-refractivity contribution in [3.8, 4) is 0 Å². The number of hydrogen-bond acceptors (Lipinski definition) is 5. The largest absolute Gasteiger partial charge is 0.464 e. The van der Waals surface area contributed by atoms with Gasteiger partial charge in [-0.25, -0.2) is 4.79 Å². The van der Waals surface area contributed by atoms with Crippen molar-refractivity contribution in [1.29, 1.82) is 0 Å². The van der Waals surface area contributed by atoms with Crippen molar-refractivity contribution in [2.24, 2.45) is 5.92 Å². The molecule has 1 amide bonds. The Bertz CT molecular complexity index is 553. The summed E-state index contributed by atoms with van der Waals surface area (Å²) in [5, 5.41) is 0.0436.